The van der Waals surface area contributed by atoms with Crippen molar-refractivity contribution in [3.63, 3.8) is 0 Å². The Hall–Kier alpha value is 0.700. The third-order valence-electron chi connectivity index (χ3n) is 2.51. The zero-order chi connectivity index (χ0) is 11.5. The highest BCUT2D eigenvalue weighted by Gasteiger charge is 2.36. The van der Waals surface area contributed by atoms with Crippen LogP contribution in [0.2, 0.25) is 0 Å². The molecule has 3 nitrogen and oxygen atoms in total. The van der Waals surface area contributed by atoms with Crippen molar-refractivity contribution in [1.82, 2.24) is 4.72 Å². The minimum absolute atomic E-state index is 0.0651. The zero-order valence-corrected chi connectivity index (χ0v) is 12.0. The van der Waals surface area contributed by atoms with Crippen LogP contribution in [0.4, 0.5) is 0 Å². The molecule has 0 heterocycles. The molecule has 1 aliphatic rings. The first-order valence-corrected chi connectivity index (χ1v) is 8.38. The van der Waals surface area contributed by atoms with E-state index in [2.05, 4.69) is 32.5 Å². The molecule has 0 spiro atoms. The highest BCUT2D eigenvalue weighted by atomic mass is 127. The second-order valence-electron chi connectivity index (χ2n) is 4.37. The minimum atomic E-state index is -1.06. The fourth-order valence-corrected chi connectivity index (χ4v) is 3.25. The van der Waals surface area contributed by atoms with E-state index in [1.165, 1.54) is 0 Å². The number of hydrogen-bond donors (Lipinski definition) is 2. The van der Waals surface area contributed by atoms with Gasteiger partial charge in [0, 0.05) is 27.2 Å². The Kier molecular flexibility index (Phi) is 5.38. The fraction of sp³-hybridized carbons (Fsp3) is 0.800. The summed E-state index contributed by atoms with van der Waals surface area (Å²) < 4.78 is 8.93. The summed E-state index contributed by atoms with van der Waals surface area (Å²) in [6.07, 6.45) is 4.00. The van der Waals surface area contributed by atoms with Crippen LogP contribution >= 0.6 is 30.3 Å². The fourth-order valence-electron chi connectivity index (χ4n) is 1.91. The van der Waals surface area contributed by atoms with Gasteiger partial charge in [0.2, 0.25) is 0 Å². The Balaban J connectivity index is 2.56. The quantitative estimate of drug-likeness (QED) is 0.349. The molecule has 0 saturated heterocycles. The molecule has 15 heavy (non-hydrogen) atoms. The first-order chi connectivity index (χ1) is 6.96. The predicted octanol–water partition coefficient (Wildman–Crippen LogP) is 2.65. The van der Waals surface area contributed by atoms with Crippen LogP contribution in [0, 0.1) is 5.92 Å². The van der Waals surface area contributed by atoms with Gasteiger partial charge in [-0.1, -0.05) is 6.08 Å². The average Bonchev–Trinajstić information content (AvgIpc) is 2.46. The van der Waals surface area contributed by atoms with Crippen molar-refractivity contribution in [3.05, 3.63) is 12.7 Å². The molecule has 2 N–H and O–H groups in total. The van der Waals surface area contributed by atoms with Gasteiger partial charge in [-0.05, 0) is 41.7 Å². The van der Waals surface area contributed by atoms with Gasteiger partial charge in [0.1, 0.15) is 0 Å². The molecule has 3 atom stereocenters. The molecule has 3 unspecified atom stereocenters. The van der Waals surface area contributed by atoms with Crippen LogP contribution in [-0.4, -0.2) is 23.0 Å². The lowest BCUT2D eigenvalue weighted by molar-refractivity contribution is -0.207. The summed E-state index contributed by atoms with van der Waals surface area (Å²) >= 11 is 2.21. The van der Waals surface area contributed by atoms with E-state index in [0.29, 0.717) is 12.0 Å². The Morgan fingerprint density at radius 3 is 2.73 bits per heavy atom. The maximum Gasteiger partial charge on any atom is 0.160 e. The number of nitrogens with one attached hydrogen (secondary N) is 1. The van der Waals surface area contributed by atoms with E-state index in [9.17, 15) is 5.11 Å². The normalized spacial score (nSPS) is 31.9. The number of allylic oxidation sites excluding steroid dienone is 1. The number of rotatable bonds is 5. The molecule has 1 rings (SSSR count). The molecule has 1 aliphatic carbocycles. The summed E-state index contributed by atoms with van der Waals surface area (Å²) in [5, 5.41) is 9.64. The Labute approximate surface area is 108 Å². The van der Waals surface area contributed by atoms with Crippen LogP contribution in [0.3, 0.4) is 0 Å². The highest BCUT2D eigenvalue weighted by Crippen LogP contribution is 2.32. The maximum atomic E-state index is 9.64. The summed E-state index contributed by atoms with van der Waals surface area (Å²) in [5.74, 6) is -0.574. The van der Waals surface area contributed by atoms with Crippen molar-refractivity contribution in [1.29, 1.82) is 0 Å². The van der Waals surface area contributed by atoms with E-state index in [0.717, 1.165) is 12.8 Å². The van der Waals surface area contributed by atoms with Gasteiger partial charge in [0.05, 0.1) is 6.10 Å². The topological polar surface area (TPSA) is 41.5 Å². The number of halogens is 1. The van der Waals surface area contributed by atoms with Gasteiger partial charge in [0.25, 0.3) is 0 Å². The van der Waals surface area contributed by atoms with Crippen molar-refractivity contribution >= 4 is 30.3 Å². The standard InChI is InChI=1S/C10H18INO2S/c1-4-7-5-8(12-15-11)9(6-7)14-10(2,3)13/h4,7-9,12-13H,1,5-6H2,2-3H3. The lowest BCUT2D eigenvalue weighted by Crippen LogP contribution is -2.39. The third-order valence-corrected chi connectivity index (χ3v) is 3.66. The SMILES string of the molecule is C=CC1CC(NSI)C(OC(C)(C)O)C1. The second-order valence-corrected chi connectivity index (χ2v) is 6.08. The Morgan fingerprint density at radius 1 is 1.60 bits per heavy atom. The van der Waals surface area contributed by atoms with Crippen molar-refractivity contribution < 1.29 is 9.84 Å². The molecule has 1 saturated carbocycles. The van der Waals surface area contributed by atoms with Crippen LogP contribution < -0.4 is 4.72 Å². The van der Waals surface area contributed by atoms with Crippen molar-refractivity contribution in [3.8, 4) is 0 Å². The van der Waals surface area contributed by atoms with Gasteiger partial charge >= 0.3 is 0 Å². The summed E-state index contributed by atoms with van der Waals surface area (Å²) in [4.78, 5) is 0. The average molecular weight is 343 g/mol. The Bertz CT molecular complexity index is 220. The molecule has 0 aromatic rings. The molecule has 0 amide bonds. The van der Waals surface area contributed by atoms with E-state index in [-0.39, 0.29) is 6.10 Å². The minimum Gasteiger partial charge on any atom is -0.366 e. The van der Waals surface area contributed by atoms with Gasteiger partial charge in [-0.3, -0.25) is 0 Å². The molecule has 0 bridgehead atoms. The van der Waals surface area contributed by atoms with Crippen LogP contribution in [0.15, 0.2) is 12.7 Å². The van der Waals surface area contributed by atoms with E-state index < -0.39 is 5.79 Å². The van der Waals surface area contributed by atoms with E-state index in [1.807, 2.05) is 6.08 Å². The van der Waals surface area contributed by atoms with Gasteiger partial charge in [0.15, 0.2) is 5.79 Å². The molecule has 0 aromatic heterocycles. The van der Waals surface area contributed by atoms with Gasteiger partial charge in [-0.25, -0.2) is 4.72 Å². The Morgan fingerprint density at radius 2 is 2.27 bits per heavy atom. The number of hydrogen-bond acceptors (Lipinski definition) is 4. The molecule has 1 fully saturated rings. The lowest BCUT2D eigenvalue weighted by Gasteiger charge is -2.27. The molecular formula is C10H18INO2S. The van der Waals surface area contributed by atoms with Gasteiger partial charge in [-0.15, -0.1) is 6.58 Å². The van der Waals surface area contributed by atoms with E-state index in [4.69, 9.17) is 4.74 Å². The summed E-state index contributed by atoms with van der Waals surface area (Å²) in [6.45, 7) is 7.15. The predicted molar refractivity (Wildman–Crippen MR) is 72.6 cm³/mol. The largest absolute Gasteiger partial charge is 0.366 e. The molecule has 88 valence electrons. The lowest BCUT2D eigenvalue weighted by atomic mass is 10.1. The highest BCUT2D eigenvalue weighted by molar-refractivity contribution is 14.2. The monoisotopic (exact) mass is 343 g/mol. The first-order valence-electron chi connectivity index (χ1n) is 5.02. The number of aliphatic hydroxyl groups is 1. The molecule has 0 aromatic carbocycles. The smallest absolute Gasteiger partial charge is 0.160 e. The van der Waals surface area contributed by atoms with E-state index in [1.54, 1.807) is 23.0 Å². The van der Waals surface area contributed by atoms with Gasteiger partial charge in [-0.2, -0.15) is 0 Å². The second kappa shape index (κ2) is 5.86. The summed E-state index contributed by atoms with van der Waals surface area (Å²) in [7, 11) is 1.57. The van der Waals surface area contributed by atoms with Crippen molar-refractivity contribution in [2.24, 2.45) is 5.92 Å². The van der Waals surface area contributed by atoms with Crippen LogP contribution in [-0.2, 0) is 4.74 Å². The third kappa shape index (κ3) is 4.60. The molecule has 5 heteroatoms. The van der Waals surface area contributed by atoms with Crippen LogP contribution in [0.1, 0.15) is 26.7 Å². The number of ether oxygens (including phenoxy) is 1. The maximum absolute atomic E-state index is 9.64. The van der Waals surface area contributed by atoms with Crippen LogP contribution in [0.25, 0.3) is 0 Å². The molecule has 0 radical (unpaired) electrons. The van der Waals surface area contributed by atoms with E-state index >= 15 is 0 Å². The summed E-state index contributed by atoms with van der Waals surface area (Å²) in [5.41, 5.74) is 0. The molecule has 0 aliphatic heterocycles. The van der Waals surface area contributed by atoms with Crippen molar-refractivity contribution in [2.45, 2.75) is 44.6 Å². The van der Waals surface area contributed by atoms with Crippen molar-refractivity contribution in [2.75, 3.05) is 0 Å². The van der Waals surface area contributed by atoms with Crippen LogP contribution in [0.5, 0.6) is 0 Å². The summed E-state index contributed by atoms with van der Waals surface area (Å²) in [6, 6.07) is 0.293. The molecular weight excluding hydrogens is 325 g/mol. The first kappa shape index (κ1) is 13.8. The zero-order valence-electron chi connectivity index (χ0n) is 9.07. The van der Waals surface area contributed by atoms with Gasteiger partial charge < -0.3 is 9.84 Å².